The number of rotatable bonds is 3. The van der Waals surface area contributed by atoms with Crippen LogP contribution >= 0.6 is 0 Å². The third-order valence-electron chi connectivity index (χ3n) is 4.49. The summed E-state index contributed by atoms with van der Waals surface area (Å²) in [5, 5.41) is 6.36. The second kappa shape index (κ2) is 6.48. The van der Waals surface area contributed by atoms with Crippen LogP contribution in [0.5, 0.6) is 0 Å². The normalized spacial score (nSPS) is 25.3. The number of carbonyl (C=O) groups is 2. The van der Waals surface area contributed by atoms with Crippen molar-refractivity contribution in [1.82, 2.24) is 5.32 Å². The van der Waals surface area contributed by atoms with Crippen molar-refractivity contribution in [3.05, 3.63) is 24.3 Å². The van der Waals surface area contributed by atoms with Gasteiger partial charge in [-0.1, -0.05) is 6.07 Å². The topological polar surface area (TPSA) is 61.4 Å². The largest absolute Gasteiger partial charge is 0.326 e. The van der Waals surface area contributed by atoms with Crippen molar-refractivity contribution in [2.45, 2.75) is 38.6 Å². The molecule has 1 aromatic rings. The van der Waals surface area contributed by atoms with E-state index in [1.807, 2.05) is 24.3 Å². The van der Waals surface area contributed by atoms with Crippen LogP contribution in [0.2, 0.25) is 0 Å². The smallest absolute Gasteiger partial charge is 0.227 e. The fourth-order valence-electron chi connectivity index (χ4n) is 3.29. The van der Waals surface area contributed by atoms with Crippen LogP contribution in [0.3, 0.4) is 0 Å². The van der Waals surface area contributed by atoms with Crippen LogP contribution in [0.25, 0.3) is 0 Å². The average molecular weight is 301 g/mol. The third kappa shape index (κ3) is 3.30. The van der Waals surface area contributed by atoms with E-state index in [9.17, 15) is 9.59 Å². The first kappa shape index (κ1) is 15.0. The van der Waals surface area contributed by atoms with Crippen LogP contribution < -0.4 is 15.5 Å². The molecular weight excluding hydrogens is 278 g/mol. The first-order valence-electron chi connectivity index (χ1n) is 8.08. The molecule has 0 spiro atoms. The molecule has 2 amide bonds. The van der Waals surface area contributed by atoms with Gasteiger partial charge in [0.1, 0.15) is 0 Å². The molecule has 0 aromatic heterocycles. The zero-order valence-electron chi connectivity index (χ0n) is 13.0. The molecule has 2 aliphatic heterocycles. The van der Waals surface area contributed by atoms with Crippen LogP contribution in [0.15, 0.2) is 24.3 Å². The number of piperidine rings is 1. The van der Waals surface area contributed by atoms with Gasteiger partial charge in [0.25, 0.3) is 0 Å². The van der Waals surface area contributed by atoms with Gasteiger partial charge in [-0.15, -0.1) is 0 Å². The SMILES string of the molecule is C[C@H]1C[C@@H](C(=O)Nc2cccc(N3CCCC3=O)c2)CCN1. The Hall–Kier alpha value is -1.88. The minimum atomic E-state index is 0.0633. The number of nitrogens with one attached hydrogen (secondary N) is 2. The van der Waals surface area contributed by atoms with Gasteiger partial charge in [0.2, 0.25) is 11.8 Å². The van der Waals surface area contributed by atoms with Gasteiger partial charge < -0.3 is 15.5 Å². The summed E-state index contributed by atoms with van der Waals surface area (Å²) < 4.78 is 0. The van der Waals surface area contributed by atoms with E-state index in [0.29, 0.717) is 12.5 Å². The summed E-state index contributed by atoms with van der Waals surface area (Å²) in [6, 6.07) is 7.98. The maximum absolute atomic E-state index is 12.4. The van der Waals surface area contributed by atoms with E-state index in [1.54, 1.807) is 4.90 Å². The summed E-state index contributed by atoms with van der Waals surface area (Å²) in [6.07, 6.45) is 3.27. The summed E-state index contributed by atoms with van der Waals surface area (Å²) in [4.78, 5) is 26.0. The molecule has 2 saturated heterocycles. The Labute approximate surface area is 131 Å². The molecule has 22 heavy (non-hydrogen) atoms. The molecule has 2 heterocycles. The van der Waals surface area contributed by atoms with Crippen LogP contribution in [-0.2, 0) is 9.59 Å². The van der Waals surface area contributed by atoms with E-state index in [-0.39, 0.29) is 17.7 Å². The molecule has 1 aromatic carbocycles. The molecule has 5 heteroatoms. The van der Waals surface area contributed by atoms with Gasteiger partial charge in [0, 0.05) is 36.3 Å². The number of carbonyl (C=O) groups excluding carboxylic acids is 2. The van der Waals surface area contributed by atoms with Gasteiger partial charge in [-0.05, 0) is 50.9 Å². The van der Waals surface area contributed by atoms with E-state index >= 15 is 0 Å². The van der Waals surface area contributed by atoms with E-state index < -0.39 is 0 Å². The summed E-state index contributed by atoms with van der Waals surface area (Å²) in [7, 11) is 0. The van der Waals surface area contributed by atoms with E-state index in [2.05, 4.69) is 17.6 Å². The predicted octanol–water partition coefficient (Wildman–Crippen LogP) is 2.14. The molecule has 118 valence electrons. The maximum Gasteiger partial charge on any atom is 0.227 e. The highest BCUT2D eigenvalue weighted by molar-refractivity contribution is 5.97. The molecule has 3 rings (SSSR count). The summed E-state index contributed by atoms with van der Waals surface area (Å²) >= 11 is 0. The van der Waals surface area contributed by atoms with Gasteiger partial charge in [0.05, 0.1) is 0 Å². The number of nitrogens with zero attached hydrogens (tertiary/aromatic N) is 1. The average Bonchev–Trinajstić information content (AvgIpc) is 2.94. The van der Waals surface area contributed by atoms with Crippen LogP contribution in [0.4, 0.5) is 11.4 Å². The quantitative estimate of drug-likeness (QED) is 0.899. The van der Waals surface area contributed by atoms with Gasteiger partial charge >= 0.3 is 0 Å². The molecule has 2 N–H and O–H groups in total. The fraction of sp³-hybridized carbons (Fsp3) is 0.529. The zero-order valence-corrected chi connectivity index (χ0v) is 13.0. The number of hydrogen-bond donors (Lipinski definition) is 2. The van der Waals surface area contributed by atoms with Crippen molar-refractivity contribution in [2.24, 2.45) is 5.92 Å². The fourth-order valence-corrected chi connectivity index (χ4v) is 3.29. The minimum Gasteiger partial charge on any atom is -0.326 e. The van der Waals surface area contributed by atoms with Crippen molar-refractivity contribution in [3.8, 4) is 0 Å². The predicted molar refractivity (Wildman–Crippen MR) is 86.8 cm³/mol. The molecule has 0 aliphatic carbocycles. The Kier molecular flexibility index (Phi) is 4.43. The maximum atomic E-state index is 12.4. The standard InChI is InChI=1S/C17H23N3O2/c1-12-10-13(7-8-18-12)17(22)19-14-4-2-5-15(11-14)20-9-3-6-16(20)21/h2,4-5,11-13,18H,3,6-10H2,1H3,(H,19,22)/t12-,13-/m0/s1. The lowest BCUT2D eigenvalue weighted by Gasteiger charge is -2.27. The van der Waals surface area contributed by atoms with Gasteiger partial charge in [-0.25, -0.2) is 0 Å². The van der Waals surface area contributed by atoms with Crippen molar-refractivity contribution in [2.75, 3.05) is 23.3 Å². The van der Waals surface area contributed by atoms with Crippen LogP contribution in [0, 0.1) is 5.92 Å². The van der Waals surface area contributed by atoms with Crippen molar-refractivity contribution in [3.63, 3.8) is 0 Å². The second-order valence-corrected chi connectivity index (χ2v) is 6.26. The molecule has 0 radical (unpaired) electrons. The lowest BCUT2D eigenvalue weighted by atomic mass is 9.92. The molecule has 0 saturated carbocycles. The Balaban J connectivity index is 1.67. The van der Waals surface area contributed by atoms with Gasteiger partial charge in [-0.3, -0.25) is 9.59 Å². The minimum absolute atomic E-state index is 0.0633. The van der Waals surface area contributed by atoms with E-state index in [0.717, 1.165) is 43.7 Å². The monoisotopic (exact) mass is 301 g/mol. The highest BCUT2D eigenvalue weighted by Gasteiger charge is 2.25. The van der Waals surface area contributed by atoms with Crippen LogP contribution in [0.1, 0.15) is 32.6 Å². The number of hydrogen-bond acceptors (Lipinski definition) is 3. The molecule has 2 aliphatic rings. The first-order chi connectivity index (χ1) is 10.6. The first-order valence-corrected chi connectivity index (χ1v) is 8.08. The number of benzene rings is 1. The summed E-state index contributed by atoms with van der Waals surface area (Å²) in [5.74, 6) is 0.308. The van der Waals surface area contributed by atoms with Gasteiger partial charge in [-0.2, -0.15) is 0 Å². The van der Waals surface area contributed by atoms with Crippen molar-refractivity contribution < 1.29 is 9.59 Å². The molecule has 2 fully saturated rings. The molecular formula is C17H23N3O2. The van der Waals surface area contributed by atoms with E-state index in [4.69, 9.17) is 0 Å². The van der Waals surface area contributed by atoms with Crippen molar-refractivity contribution in [1.29, 1.82) is 0 Å². The second-order valence-electron chi connectivity index (χ2n) is 6.26. The van der Waals surface area contributed by atoms with E-state index in [1.165, 1.54) is 0 Å². The number of anilines is 2. The molecule has 5 nitrogen and oxygen atoms in total. The van der Waals surface area contributed by atoms with Crippen molar-refractivity contribution >= 4 is 23.2 Å². The number of amides is 2. The Morgan fingerprint density at radius 1 is 1.41 bits per heavy atom. The lowest BCUT2D eigenvalue weighted by Crippen LogP contribution is -2.40. The Morgan fingerprint density at radius 3 is 3.00 bits per heavy atom. The molecule has 0 unspecified atom stereocenters. The van der Waals surface area contributed by atoms with Gasteiger partial charge in [0.15, 0.2) is 0 Å². The lowest BCUT2D eigenvalue weighted by molar-refractivity contribution is -0.121. The molecule has 2 atom stereocenters. The highest BCUT2D eigenvalue weighted by atomic mass is 16.2. The Bertz CT molecular complexity index is 573. The third-order valence-corrected chi connectivity index (χ3v) is 4.49. The Morgan fingerprint density at radius 2 is 2.27 bits per heavy atom. The summed E-state index contributed by atoms with van der Waals surface area (Å²) in [5.41, 5.74) is 1.65. The summed E-state index contributed by atoms with van der Waals surface area (Å²) in [6.45, 7) is 3.77. The zero-order chi connectivity index (χ0) is 15.5. The highest BCUT2D eigenvalue weighted by Crippen LogP contribution is 2.25. The van der Waals surface area contributed by atoms with Crippen LogP contribution in [-0.4, -0.2) is 30.9 Å². The molecule has 0 bridgehead atoms.